The molecule has 25 rings (SSSR count). The van der Waals surface area contributed by atoms with Gasteiger partial charge in [0, 0.05) is 116 Å². The lowest BCUT2D eigenvalue weighted by Gasteiger charge is -2.08. The number of pyridine rings is 7. The van der Waals surface area contributed by atoms with Gasteiger partial charge in [-0.05, 0) is 220 Å². The molecule has 0 saturated carbocycles. The monoisotopic (exact) mass is 1710 g/mol. The summed E-state index contributed by atoms with van der Waals surface area (Å²) in [5.74, 6) is 0. The zero-order valence-electron chi connectivity index (χ0n) is 88.3. The van der Waals surface area contributed by atoms with Crippen molar-refractivity contribution in [2.75, 3.05) is 0 Å². The van der Waals surface area contributed by atoms with Crippen LogP contribution in [0.2, 0.25) is 0 Å². The lowest BCUT2D eigenvalue weighted by Crippen LogP contribution is -2.31. The molecule has 12 aromatic heterocycles. The number of rotatable bonds is 5. The Balaban J connectivity index is 0.000000107. The van der Waals surface area contributed by atoms with Crippen LogP contribution in [0.5, 0.6) is 0 Å². The highest BCUT2D eigenvalue weighted by atomic mass is 16.3. The minimum absolute atomic E-state index is 0.140. The van der Waals surface area contributed by atoms with Gasteiger partial charge < -0.3 is 22.1 Å². The van der Waals surface area contributed by atoms with Crippen LogP contribution in [0.25, 0.3) is 220 Å². The fourth-order valence-electron chi connectivity index (χ4n) is 19.3. The van der Waals surface area contributed by atoms with E-state index in [0.717, 1.165) is 127 Å². The molecule has 0 saturated heterocycles. The number of furan rings is 5. The lowest BCUT2D eigenvalue weighted by atomic mass is 9.96. The second kappa shape index (κ2) is 32.6. The van der Waals surface area contributed by atoms with E-state index in [-0.39, 0.29) is 22.3 Å². The Bertz CT molecular complexity index is 9600. The molecule has 0 N–H and O–H groups in total. The first-order valence-corrected chi connectivity index (χ1v) is 43.2. The Hall–Kier alpha value is -15.8. The minimum atomic E-state index is -2.37. The maximum Gasteiger partial charge on any atom is 0.256 e. The minimum Gasteiger partial charge on any atom is -0.456 e. The van der Waals surface area contributed by atoms with Crippen molar-refractivity contribution < 1.29 is 65.5 Å². The highest BCUT2D eigenvalue weighted by Gasteiger charge is 2.31. The summed E-state index contributed by atoms with van der Waals surface area (Å²) in [4.78, 5) is 9.00. The smallest absolute Gasteiger partial charge is 0.256 e. The third-order valence-electron chi connectivity index (χ3n) is 25.3. The second-order valence-electron chi connectivity index (χ2n) is 33.7. The topological polar surface area (TPSA) is 111 Å². The van der Waals surface area contributed by atoms with E-state index in [1.165, 1.54) is 76.7 Å². The van der Waals surface area contributed by atoms with Crippen molar-refractivity contribution in [1.29, 1.82) is 0 Å². The van der Waals surface area contributed by atoms with Crippen molar-refractivity contribution in [1.82, 2.24) is 9.97 Å². The highest BCUT2D eigenvalue weighted by Crippen LogP contribution is 2.46. The van der Waals surface area contributed by atoms with Crippen molar-refractivity contribution in [3.8, 4) is 56.3 Å². The summed E-state index contributed by atoms with van der Waals surface area (Å²) in [5, 5.41) is 18.3. The number of hydrogen-bond acceptors (Lipinski definition) is 7. The highest BCUT2D eigenvalue weighted by molar-refractivity contribution is 6.25. The largest absolute Gasteiger partial charge is 0.456 e. The van der Waals surface area contributed by atoms with Crippen LogP contribution in [0.15, 0.2) is 345 Å². The normalized spacial score (nSPS) is 13.8. The van der Waals surface area contributed by atoms with Crippen LogP contribution in [0.4, 0.5) is 0 Å². The van der Waals surface area contributed by atoms with Gasteiger partial charge in [-0.25, -0.2) is 9.13 Å². The molecular formula is C118H98N7O5+5. The van der Waals surface area contributed by atoms with Gasteiger partial charge in [-0.3, -0.25) is 9.97 Å². The maximum atomic E-state index is 8.19. The third-order valence-corrected chi connectivity index (χ3v) is 25.3. The van der Waals surface area contributed by atoms with E-state index >= 15 is 0 Å². The van der Waals surface area contributed by atoms with Gasteiger partial charge in [0.25, 0.3) is 11.4 Å². The molecule has 0 fully saturated rings. The molecule has 0 aliphatic heterocycles. The number of benzene rings is 13. The molecule has 13 aromatic carbocycles. The number of aromatic nitrogens is 7. The van der Waals surface area contributed by atoms with E-state index in [0.29, 0.717) is 49.7 Å². The molecular weight excluding hydrogens is 1600 g/mol. The predicted molar refractivity (Wildman–Crippen MR) is 532 cm³/mol. The first-order chi connectivity index (χ1) is 69.2. The van der Waals surface area contributed by atoms with Gasteiger partial charge in [0.05, 0.1) is 33.1 Å². The van der Waals surface area contributed by atoms with E-state index < -0.39 is 34.3 Å². The van der Waals surface area contributed by atoms with Crippen LogP contribution in [-0.2, 0) is 35.2 Å². The van der Waals surface area contributed by atoms with Gasteiger partial charge in [-0.1, -0.05) is 187 Å². The Morgan fingerprint density at radius 3 is 1.28 bits per heavy atom. The van der Waals surface area contributed by atoms with Gasteiger partial charge >= 0.3 is 0 Å². The van der Waals surface area contributed by atoms with Crippen LogP contribution in [0, 0.1) is 68.9 Å². The average Bonchev–Trinajstić information content (AvgIpc) is 1.58. The van der Waals surface area contributed by atoms with Gasteiger partial charge in [0.1, 0.15) is 90.5 Å². The maximum absolute atomic E-state index is 8.19. The third kappa shape index (κ3) is 14.0. The molecule has 0 atom stereocenters. The van der Waals surface area contributed by atoms with Crippen LogP contribution >= 0.6 is 0 Å². The van der Waals surface area contributed by atoms with Crippen LogP contribution in [0.1, 0.15) is 76.2 Å². The van der Waals surface area contributed by atoms with Crippen molar-refractivity contribution in [2.24, 2.45) is 35.2 Å². The van der Waals surface area contributed by atoms with Crippen LogP contribution in [0.3, 0.4) is 0 Å². The summed E-state index contributed by atoms with van der Waals surface area (Å²) >= 11 is 0. The molecule has 130 heavy (non-hydrogen) atoms. The van der Waals surface area contributed by atoms with Crippen LogP contribution < -0.4 is 22.8 Å². The standard InChI is InChI=1S/C25H22NO.C24H21N2O.C23H19N2O.2C23H18NO/c1-15-9-11-19(16(2)13-15)24-23-22-20-8-6-5-7-18(20)10-12-21(22)27-25(23)17(3)14-26(24)4;1-14-7-8-17(15(2)12-14)23-24-21(16(3)13-26(23)4)22-18-6-5-11-25-19(18)9-10-20(22)27-24;1-14-6-8-17(15(2)13-14)22-23-18(10-12-25(22)3)20-19(26-23)9-7-16-5-4-11-24-21(16)20;1-15-7-3-6-10-18(15)23-22-19-13-16-8-4-5-9-17(16)14-21(19)25-20(22)11-12-24(23)2;1-15-7-3-5-9-17(15)23-22-20(13-14-24(23)2)25-19-12-11-16-8-4-6-10-18(16)21(19)22/h5-14H,1-4H3;5-13H,1-4H3;4-13H,1-3H3;2*3-14H,1-2H3/q5*+1/i2*1D3,3D3;1D3;;. The fraction of sp³-hybridized carbons (Fsp3) is 0.127. The number of nitrogens with zero attached hydrogens (tertiary/aromatic N) is 7. The summed E-state index contributed by atoms with van der Waals surface area (Å²) in [7, 11) is 9.75. The summed E-state index contributed by atoms with van der Waals surface area (Å²) in [6.45, 7) is -1.30. The molecule has 12 heterocycles. The zero-order chi connectivity index (χ0) is 102. The summed E-state index contributed by atoms with van der Waals surface area (Å²) < 4.78 is 159. The first-order valence-electron chi connectivity index (χ1n) is 50.7. The number of hydrogen-bond donors (Lipinski definition) is 0. The molecule has 0 aliphatic carbocycles. The van der Waals surface area contributed by atoms with Crippen molar-refractivity contribution >= 4 is 164 Å². The number of fused-ring (bicyclic) bond motifs is 24. The molecule has 0 bridgehead atoms. The van der Waals surface area contributed by atoms with Crippen LogP contribution in [-0.4, -0.2) is 9.97 Å². The van der Waals surface area contributed by atoms with Gasteiger partial charge in [-0.2, -0.15) is 13.7 Å². The Kier molecular flexibility index (Phi) is 16.5. The Morgan fingerprint density at radius 2 is 0.662 bits per heavy atom. The zero-order valence-corrected chi connectivity index (χ0v) is 73.3. The SMILES string of the molecule is Cc1ccccc1-c1c2c(cc[n+]1C)oc1cc3ccccc3cc12.Cc1ccccc1-c1c2c(cc[n+]1C)oc1ccc3ccccc3c12.[2H]C([2H])([2H])c1ccc(-c2c3c(oc4ccc5ccccc5c43)c(C([2H])([2H])[2H])c[n+]2C)c(C)c1.[2H]C([2H])([2H])c1ccc(-c2c3oc4ccc5cccnc5c4c3cc[n+]2C)c(C)c1.[2H]C([2H])([2H])c1ccc(-c2c3oc4ccc5ncccc5c4c3c(C([2H])([2H])[2H])c[n+]2C)c(C)c1. The fourth-order valence-corrected chi connectivity index (χ4v) is 19.3. The number of aryl methyl sites for hydroxylation is 15. The van der Waals surface area contributed by atoms with Gasteiger partial charge in [0.15, 0.2) is 36.6 Å². The molecule has 12 nitrogen and oxygen atoms in total. The predicted octanol–water partition coefficient (Wildman–Crippen LogP) is 28.0. The molecule has 0 aliphatic rings. The molecule has 0 amide bonds. The molecule has 630 valence electrons. The molecule has 0 unspecified atom stereocenters. The first kappa shape index (κ1) is 65.7. The van der Waals surface area contributed by atoms with Crippen molar-refractivity contribution in [2.45, 2.75) is 68.9 Å². The van der Waals surface area contributed by atoms with E-state index in [1.807, 2.05) is 143 Å². The van der Waals surface area contributed by atoms with Crippen molar-refractivity contribution in [3.05, 3.63) is 378 Å². The molecule has 12 heteroatoms. The Morgan fingerprint density at radius 1 is 0.238 bits per heavy atom. The van der Waals surface area contributed by atoms with E-state index in [4.69, 9.17) is 42.6 Å². The van der Waals surface area contributed by atoms with E-state index in [9.17, 15) is 0 Å². The molecule has 25 aromatic rings. The van der Waals surface area contributed by atoms with Crippen molar-refractivity contribution in [3.63, 3.8) is 0 Å². The molecule has 0 spiro atoms. The average molecular weight is 1710 g/mol. The summed E-state index contributed by atoms with van der Waals surface area (Å²) in [5.41, 5.74) is 24.9. The quantitative estimate of drug-likeness (QED) is 0.158. The second-order valence-corrected chi connectivity index (χ2v) is 33.7. The van der Waals surface area contributed by atoms with E-state index in [1.54, 1.807) is 89.5 Å². The summed E-state index contributed by atoms with van der Waals surface area (Å²) in [6, 6.07) is 91.2. The van der Waals surface area contributed by atoms with E-state index in [2.05, 4.69) is 193 Å². The molecule has 0 radical (unpaired) electrons. The van der Waals surface area contributed by atoms with Gasteiger partial charge in [0.2, 0.25) is 28.2 Å². The summed E-state index contributed by atoms with van der Waals surface area (Å²) in [6.07, 6.45) is 12.9. The van der Waals surface area contributed by atoms with Gasteiger partial charge in [-0.15, -0.1) is 0 Å². The lowest BCUT2D eigenvalue weighted by molar-refractivity contribution is -0.659. The Labute approximate surface area is 773 Å².